The van der Waals surface area contributed by atoms with Crippen LogP contribution in [0.4, 0.5) is 5.69 Å². The first-order valence-electron chi connectivity index (χ1n) is 12.9. The van der Waals surface area contributed by atoms with E-state index in [9.17, 15) is 14.4 Å². The van der Waals surface area contributed by atoms with Crippen LogP contribution in [-0.4, -0.2) is 31.4 Å². The molecule has 196 valence electrons. The van der Waals surface area contributed by atoms with E-state index in [1.807, 2.05) is 0 Å². The molecule has 0 bridgehead atoms. The van der Waals surface area contributed by atoms with E-state index in [-0.39, 0.29) is 28.5 Å². The van der Waals surface area contributed by atoms with Crippen LogP contribution in [0.5, 0.6) is 5.75 Å². The van der Waals surface area contributed by atoms with Crippen LogP contribution in [0.1, 0.15) is 98.3 Å². The highest BCUT2D eigenvalue weighted by Crippen LogP contribution is 2.24. The molecule has 0 aliphatic carbocycles. The maximum Gasteiger partial charge on any atom is 0.337 e. The number of hydrogen-bond donors (Lipinski definition) is 1. The van der Waals surface area contributed by atoms with Gasteiger partial charge in [0.05, 0.1) is 36.4 Å². The highest BCUT2D eigenvalue weighted by molar-refractivity contribution is 6.34. The van der Waals surface area contributed by atoms with E-state index < -0.39 is 11.9 Å². The topological polar surface area (TPSA) is 81.7 Å². The summed E-state index contributed by atoms with van der Waals surface area (Å²) in [6, 6.07) is 11.2. The summed E-state index contributed by atoms with van der Waals surface area (Å²) in [5, 5.41) is 2.84. The van der Waals surface area contributed by atoms with Crippen LogP contribution in [-0.2, 0) is 9.53 Å². The van der Waals surface area contributed by atoms with Crippen LogP contribution >= 0.6 is 11.6 Å². The minimum absolute atomic E-state index is 0.244. The highest BCUT2D eigenvalue weighted by atomic mass is 35.5. The third-order valence-electron chi connectivity index (χ3n) is 5.93. The maximum absolute atomic E-state index is 12.5. The Morgan fingerprint density at radius 3 is 2.00 bits per heavy atom. The van der Waals surface area contributed by atoms with Gasteiger partial charge < -0.3 is 14.8 Å². The van der Waals surface area contributed by atoms with E-state index >= 15 is 0 Å². The number of carbonyl (C=O) groups excluding carboxylic acids is 3. The molecule has 0 aliphatic heterocycles. The Hall–Kier alpha value is -2.86. The number of ketones is 1. The van der Waals surface area contributed by atoms with E-state index in [4.69, 9.17) is 16.3 Å². The standard InChI is InChI=1S/C29H38ClNO5/c1-3-4-5-6-7-8-9-10-11-12-19-36-24-16-13-22(14-17-24)27(32)21-28(33)31-26-20-23(29(34)35-2)15-18-25(26)30/h13-18,20H,3-12,19,21H2,1-2H3,(H,31,33). The number of ether oxygens (including phenoxy) is 2. The lowest BCUT2D eigenvalue weighted by Crippen LogP contribution is -2.17. The molecular formula is C29H38ClNO5. The zero-order valence-corrected chi connectivity index (χ0v) is 22.2. The van der Waals surface area contributed by atoms with Crippen molar-refractivity contribution in [3.05, 3.63) is 58.6 Å². The Bertz CT molecular complexity index is 974. The van der Waals surface area contributed by atoms with Gasteiger partial charge in [-0.1, -0.05) is 76.3 Å². The van der Waals surface area contributed by atoms with Crippen molar-refractivity contribution in [2.75, 3.05) is 19.0 Å². The SMILES string of the molecule is CCCCCCCCCCCCOc1ccc(C(=O)CC(=O)Nc2cc(C(=O)OC)ccc2Cl)cc1. The first-order valence-corrected chi connectivity index (χ1v) is 13.3. The number of esters is 1. The predicted octanol–water partition coefficient (Wildman–Crippen LogP) is 7.64. The molecule has 0 aromatic heterocycles. The number of benzene rings is 2. The smallest absolute Gasteiger partial charge is 0.337 e. The lowest BCUT2D eigenvalue weighted by atomic mass is 10.1. The Morgan fingerprint density at radius 2 is 1.39 bits per heavy atom. The molecule has 36 heavy (non-hydrogen) atoms. The third-order valence-corrected chi connectivity index (χ3v) is 6.26. The zero-order valence-electron chi connectivity index (χ0n) is 21.4. The summed E-state index contributed by atoms with van der Waals surface area (Å²) < 4.78 is 10.5. The largest absolute Gasteiger partial charge is 0.494 e. The van der Waals surface area contributed by atoms with Gasteiger partial charge in [-0.05, 0) is 48.9 Å². The number of amides is 1. The molecule has 2 aromatic carbocycles. The molecular weight excluding hydrogens is 478 g/mol. The first-order chi connectivity index (χ1) is 17.4. The maximum atomic E-state index is 12.5. The fourth-order valence-electron chi connectivity index (χ4n) is 3.82. The average molecular weight is 516 g/mol. The van der Waals surface area contributed by atoms with Gasteiger partial charge in [-0.3, -0.25) is 9.59 Å². The molecule has 1 N–H and O–H groups in total. The third kappa shape index (κ3) is 10.8. The normalized spacial score (nSPS) is 10.6. The van der Waals surface area contributed by atoms with Crippen LogP contribution in [0.25, 0.3) is 0 Å². The number of anilines is 1. The lowest BCUT2D eigenvalue weighted by Gasteiger charge is -2.09. The summed E-state index contributed by atoms with van der Waals surface area (Å²) in [6.45, 7) is 2.89. The Labute approximate surface area is 219 Å². The van der Waals surface area contributed by atoms with Crippen LogP contribution in [0.2, 0.25) is 5.02 Å². The van der Waals surface area contributed by atoms with Crippen molar-refractivity contribution in [2.24, 2.45) is 0 Å². The predicted molar refractivity (Wildman–Crippen MR) is 144 cm³/mol. The molecule has 6 nitrogen and oxygen atoms in total. The summed E-state index contributed by atoms with van der Waals surface area (Å²) in [5.74, 6) is -0.689. The summed E-state index contributed by atoms with van der Waals surface area (Å²) in [5.41, 5.74) is 0.913. The average Bonchev–Trinajstić information content (AvgIpc) is 2.88. The molecule has 0 saturated heterocycles. The number of nitrogens with one attached hydrogen (secondary N) is 1. The number of rotatable bonds is 17. The molecule has 1 amide bonds. The molecule has 0 saturated carbocycles. The molecule has 0 spiro atoms. The van der Waals surface area contributed by atoms with Crippen molar-refractivity contribution in [2.45, 2.75) is 77.6 Å². The van der Waals surface area contributed by atoms with E-state index in [2.05, 4.69) is 17.0 Å². The second kappa shape index (κ2) is 16.7. The van der Waals surface area contributed by atoms with Crippen molar-refractivity contribution in [3.63, 3.8) is 0 Å². The van der Waals surface area contributed by atoms with Crippen LogP contribution < -0.4 is 10.1 Å². The fourth-order valence-corrected chi connectivity index (χ4v) is 3.99. The van der Waals surface area contributed by atoms with Gasteiger partial charge in [0, 0.05) is 5.56 Å². The van der Waals surface area contributed by atoms with Crippen molar-refractivity contribution < 1.29 is 23.9 Å². The monoisotopic (exact) mass is 515 g/mol. The fraction of sp³-hybridized carbons (Fsp3) is 0.483. The van der Waals surface area contributed by atoms with Crippen molar-refractivity contribution >= 4 is 34.9 Å². The molecule has 0 atom stereocenters. The highest BCUT2D eigenvalue weighted by Gasteiger charge is 2.15. The summed E-state index contributed by atoms with van der Waals surface area (Å²) in [4.78, 5) is 36.6. The van der Waals surface area contributed by atoms with Crippen LogP contribution in [0.15, 0.2) is 42.5 Å². The van der Waals surface area contributed by atoms with Crippen LogP contribution in [0.3, 0.4) is 0 Å². The molecule has 0 heterocycles. The number of carbonyl (C=O) groups is 3. The van der Waals surface area contributed by atoms with Crippen LogP contribution in [0, 0.1) is 0 Å². The van der Waals surface area contributed by atoms with Gasteiger partial charge in [0.1, 0.15) is 5.75 Å². The Kier molecular flexibility index (Phi) is 13.7. The van der Waals surface area contributed by atoms with Gasteiger partial charge in [-0.2, -0.15) is 0 Å². The summed E-state index contributed by atoms with van der Waals surface area (Å²) in [7, 11) is 1.27. The molecule has 0 radical (unpaired) electrons. The quantitative estimate of drug-likeness (QED) is 0.101. The molecule has 0 unspecified atom stereocenters. The minimum atomic E-state index is -0.547. The zero-order chi connectivity index (χ0) is 26.2. The van der Waals surface area contributed by atoms with E-state index in [1.165, 1.54) is 76.7 Å². The summed E-state index contributed by atoms with van der Waals surface area (Å²) in [6.07, 6.45) is 12.4. The summed E-state index contributed by atoms with van der Waals surface area (Å²) >= 11 is 6.10. The van der Waals surface area contributed by atoms with Gasteiger partial charge in [0.25, 0.3) is 0 Å². The van der Waals surface area contributed by atoms with E-state index in [1.54, 1.807) is 24.3 Å². The van der Waals surface area contributed by atoms with E-state index in [0.717, 1.165) is 12.8 Å². The Morgan fingerprint density at radius 1 is 0.806 bits per heavy atom. The molecule has 7 heteroatoms. The van der Waals surface area contributed by atoms with Gasteiger partial charge in [-0.25, -0.2) is 4.79 Å². The van der Waals surface area contributed by atoms with Crippen molar-refractivity contribution in [1.29, 1.82) is 0 Å². The molecule has 0 fully saturated rings. The van der Waals surface area contributed by atoms with Crippen molar-refractivity contribution in [3.8, 4) is 5.75 Å². The molecule has 0 aliphatic rings. The number of halogens is 1. The molecule has 2 aromatic rings. The first kappa shape index (κ1) is 29.4. The van der Waals surface area contributed by atoms with Gasteiger partial charge >= 0.3 is 5.97 Å². The Balaban J connectivity index is 1.68. The minimum Gasteiger partial charge on any atom is -0.494 e. The number of Topliss-reactive ketones (excluding diaryl/α,β-unsaturated/α-hetero) is 1. The van der Waals surface area contributed by atoms with Gasteiger partial charge in [-0.15, -0.1) is 0 Å². The van der Waals surface area contributed by atoms with Gasteiger partial charge in [0.2, 0.25) is 5.91 Å². The number of hydrogen-bond acceptors (Lipinski definition) is 5. The van der Waals surface area contributed by atoms with Crippen molar-refractivity contribution in [1.82, 2.24) is 0 Å². The van der Waals surface area contributed by atoms with E-state index in [0.29, 0.717) is 17.9 Å². The second-order valence-corrected chi connectivity index (χ2v) is 9.30. The lowest BCUT2D eigenvalue weighted by molar-refractivity contribution is -0.115. The second-order valence-electron chi connectivity index (χ2n) is 8.89. The molecule has 2 rings (SSSR count). The number of unbranched alkanes of at least 4 members (excludes halogenated alkanes) is 9. The number of methoxy groups -OCH3 is 1. The van der Waals surface area contributed by atoms with Gasteiger partial charge in [0.15, 0.2) is 5.78 Å².